The number of nitrogens with zero attached hydrogens (tertiary/aromatic N) is 3. The van der Waals surface area contributed by atoms with Crippen molar-refractivity contribution in [1.82, 2.24) is 14.9 Å². The van der Waals surface area contributed by atoms with Gasteiger partial charge in [0.05, 0.1) is 42.5 Å². The molecule has 0 radical (unpaired) electrons. The van der Waals surface area contributed by atoms with Crippen molar-refractivity contribution in [2.75, 3.05) is 38.3 Å². The molecule has 0 aliphatic carbocycles. The van der Waals surface area contributed by atoms with E-state index in [1.165, 1.54) is 7.11 Å². The van der Waals surface area contributed by atoms with E-state index in [9.17, 15) is 4.79 Å². The van der Waals surface area contributed by atoms with Gasteiger partial charge in [0, 0.05) is 18.8 Å². The van der Waals surface area contributed by atoms with Gasteiger partial charge in [0.15, 0.2) is 11.6 Å². The summed E-state index contributed by atoms with van der Waals surface area (Å²) in [6.07, 6.45) is 0. The van der Waals surface area contributed by atoms with Crippen molar-refractivity contribution in [2.45, 2.75) is 25.7 Å². The number of methoxy groups -OCH3 is 1. The van der Waals surface area contributed by atoms with E-state index in [0.717, 1.165) is 22.3 Å². The van der Waals surface area contributed by atoms with Gasteiger partial charge < -0.3 is 28.8 Å². The number of aromatic nitrogens is 2. The van der Waals surface area contributed by atoms with Gasteiger partial charge in [0.25, 0.3) is 0 Å². The molecular formula is C35H33FN4O5. The van der Waals surface area contributed by atoms with Gasteiger partial charge in [0.1, 0.15) is 19.0 Å². The Bertz CT molecular complexity index is 1860. The number of fused-ring (bicyclic) bond motifs is 1. The van der Waals surface area contributed by atoms with Crippen LogP contribution < -0.4 is 24.4 Å². The number of nitrogens with one attached hydrogen (secondary N) is 1. The highest BCUT2D eigenvalue weighted by molar-refractivity contribution is 5.96. The monoisotopic (exact) mass is 608 g/mol. The van der Waals surface area contributed by atoms with E-state index in [2.05, 4.69) is 12.2 Å². The predicted octanol–water partition coefficient (Wildman–Crippen LogP) is 6.28. The number of hydrogen-bond acceptors (Lipinski definition) is 6. The van der Waals surface area contributed by atoms with Crippen LogP contribution in [0.15, 0.2) is 84.9 Å². The lowest BCUT2D eigenvalue weighted by Crippen LogP contribution is -2.49. The minimum absolute atomic E-state index is 0.0628. The second kappa shape index (κ2) is 11.8. The van der Waals surface area contributed by atoms with Gasteiger partial charge in [-0.1, -0.05) is 60.7 Å². The van der Waals surface area contributed by atoms with Crippen LogP contribution in [0, 0.1) is 5.82 Å². The molecule has 0 bridgehead atoms. The number of anilines is 1. The third kappa shape index (κ3) is 5.31. The first-order valence-corrected chi connectivity index (χ1v) is 14.9. The van der Waals surface area contributed by atoms with Crippen molar-refractivity contribution in [2.24, 2.45) is 0 Å². The van der Waals surface area contributed by atoms with Crippen LogP contribution in [-0.4, -0.2) is 49.0 Å². The smallest absolute Gasteiger partial charge is 0.321 e. The average Bonchev–Trinajstić information content (AvgIpc) is 3.66. The molecule has 2 aliphatic heterocycles. The Labute approximate surface area is 260 Å². The first-order valence-electron chi connectivity index (χ1n) is 14.9. The minimum atomic E-state index is -0.616. The van der Waals surface area contributed by atoms with E-state index in [1.54, 1.807) is 11.0 Å². The Hall–Kier alpha value is -5.09. The van der Waals surface area contributed by atoms with Crippen LogP contribution in [-0.2, 0) is 23.5 Å². The minimum Gasteiger partial charge on any atom is -0.493 e. The topological polar surface area (TPSA) is 87.1 Å². The molecule has 4 aromatic carbocycles. The van der Waals surface area contributed by atoms with Crippen LogP contribution in [0.25, 0.3) is 22.4 Å². The van der Waals surface area contributed by atoms with Crippen LogP contribution in [0.1, 0.15) is 18.1 Å². The third-order valence-electron chi connectivity index (χ3n) is 8.23. The van der Waals surface area contributed by atoms with Crippen LogP contribution in [0.4, 0.5) is 14.9 Å². The fraction of sp³-hybridized carbons (Fsp3) is 0.257. The Balaban J connectivity index is 1.37. The summed E-state index contributed by atoms with van der Waals surface area (Å²) in [5.74, 6) is 0.200. The zero-order chi connectivity index (χ0) is 31.0. The maximum Gasteiger partial charge on any atom is 0.321 e. The van der Waals surface area contributed by atoms with Gasteiger partial charge in [-0.25, -0.2) is 14.2 Å². The Morgan fingerprint density at radius 3 is 2.18 bits per heavy atom. The van der Waals surface area contributed by atoms with E-state index in [-0.39, 0.29) is 36.3 Å². The quantitative estimate of drug-likeness (QED) is 0.201. The molecule has 0 atom stereocenters. The molecule has 2 fully saturated rings. The second-order valence-electron chi connectivity index (χ2n) is 11.5. The highest BCUT2D eigenvalue weighted by Crippen LogP contribution is 2.47. The summed E-state index contributed by atoms with van der Waals surface area (Å²) in [4.78, 5) is 19.0. The van der Waals surface area contributed by atoms with Crippen molar-refractivity contribution in [3.05, 3.63) is 102 Å². The first-order chi connectivity index (χ1) is 21.9. The Kier molecular flexibility index (Phi) is 7.50. The molecule has 0 unspecified atom stereocenters. The van der Waals surface area contributed by atoms with Gasteiger partial charge >= 0.3 is 6.03 Å². The number of benzene rings is 4. The Morgan fingerprint density at radius 1 is 0.933 bits per heavy atom. The van der Waals surface area contributed by atoms with Gasteiger partial charge in [-0.3, -0.25) is 4.90 Å². The van der Waals surface area contributed by atoms with Gasteiger partial charge in [-0.05, 0) is 42.3 Å². The van der Waals surface area contributed by atoms with Crippen LogP contribution in [0.3, 0.4) is 0 Å². The van der Waals surface area contributed by atoms with E-state index in [1.807, 2.05) is 83.4 Å². The van der Waals surface area contributed by atoms with E-state index < -0.39 is 11.4 Å². The number of rotatable bonds is 10. The highest BCUT2D eigenvalue weighted by atomic mass is 19.1. The summed E-state index contributed by atoms with van der Waals surface area (Å²) < 4.78 is 42.8. The molecule has 1 aromatic heterocycles. The summed E-state index contributed by atoms with van der Waals surface area (Å²) in [5.41, 5.74) is 3.67. The molecule has 9 nitrogen and oxygen atoms in total. The van der Waals surface area contributed by atoms with Gasteiger partial charge in [0.2, 0.25) is 11.5 Å². The molecule has 0 spiro atoms. The molecular weight excluding hydrogens is 575 g/mol. The SMILES string of the molecule is COc1cc(-c2nc3cc(N4CCNC4=O)ccc3n2C2(C)COC2)c(F)c(OCc2ccccc2)c1OCc1ccccc1. The summed E-state index contributed by atoms with van der Waals surface area (Å²) in [5, 5.41) is 2.83. The van der Waals surface area contributed by atoms with Crippen LogP contribution in [0.2, 0.25) is 0 Å². The fourth-order valence-corrected chi connectivity index (χ4v) is 5.84. The molecule has 3 heterocycles. The zero-order valence-electron chi connectivity index (χ0n) is 25.1. The average molecular weight is 609 g/mol. The zero-order valence-corrected chi connectivity index (χ0v) is 25.1. The van der Waals surface area contributed by atoms with E-state index in [4.69, 9.17) is 23.9 Å². The molecule has 10 heteroatoms. The summed E-state index contributed by atoms with van der Waals surface area (Å²) in [6.45, 7) is 4.38. The third-order valence-corrected chi connectivity index (χ3v) is 8.23. The van der Waals surface area contributed by atoms with Crippen molar-refractivity contribution >= 4 is 22.8 Å². The number of amides is 2. The molecule has 1 N–H and O–H groups in total. The molecule has 5 aromatic rings. The standard InChI is InChI=1S/C35H33FN4O5/c1-35(21-43-22-35)40-28-14-13-25(39-16-15-37-34(39)41)17-27(28)38-33(40)26-18-29(42-2)31(44-19-23-9-5-3-6-10-23)32(30(26)36)45-20-24-11-7-4-8-12-24/h3-14,17-18H,15-16,19-22H2,1-2H3,(H,37,41). The van der Waals surface area contributed by atoms with Crippen molar-refractivity contribution in [3.63, 3.8) is 0 Å². The molecule has 2 aliphatic rings. The van der Waals surface area contributed by atoms with Crippen molar-refractivity contribution in [1.29, 1.82) is 0 Å². The Morgan fingerprint density at radius 2 is 1.60 bits per heavy atom. The maximum absolute atomic E-state index is 17.0. The highest BCUT2D eigenvalue weighted by Gasteiger charge is 2.40. The number of carbonyl (C=O) groups is 1. The van der Waals surface area contributed by atoms with E-state index >= 15 is 4.39 Å². The largest absolute Gasteiger partial charge is 0.493 e. The summed E-state index contributed by atoms with van der Waals surface area (Å²) in [7, 11) is 1.52. The number of halogens is 1. The second-order valence-corrected chi connectivity index (χ2v) is 11.5. The number of ether oxygens (including phenoxy) is 4. The summed E-state index contributed by atoms with van der Waals surface area (Å²) in [6, 6.07) is 26.3. The molecule has 2 saturated heterocycles. The molecule has 45 heavy (non-hydrogen) atoms. The summed E-state index contributed by atoms with van der Waals surface area (Å²) >= 11 is 0. The molecule has 0 saturated carbocycles. The lowest BCUT2D eigenvalue weighted by Gasteiger charge is -2.41. The van der Waals surface area contributed by atoms with Crippen molar-refractivity contribution in [3.8, 4) is 28.6 Å². The van der Waals surface area contributed by atoms with Crippen LogP contribution >= 0.6 is 0 Å². The van der Waals surface area contributed by atoms with Crippen LogP contribution in [0.5, 0.6) is 17.2 Å². The predicted molar refractivity (Wildman–Crippen MR) is 168 cm³/mol. The maximum atomic E-state index is 17.0. The van der Waals surface area contributed by atoms with Crippen molar-refractivity contribution < 1.29 is 28.1 Å². The first kappa shape index (κ1) is 28.7. The molecule has 7 rings (SSSR count). The number of imidazole rings is 1. The lowest BCUT2D eigenvalue weighted by atomic mass is 9.98. The molecule has 2 amide bonds. The number of hydrogen-bond donors (Lipinski definition) is 1. The van der Waals surface area contributed by atoms with Gasteiger partial charge in [-0.15, -0.1) is 0 Å². The lowest BCUT2D eigenvalue weighted by molar-refractivity contribution is -0.0868. The fourth-order valence-electron chi connectivity index (χ4n) is 5.84. The number of carbonyl (C=O) groups excluding carboxylic acids is 1. The van der Waals surface area contributed by atoms with E-state index in [0.29, 0.717) is 43.4 Å². The number of urea groups is 1. The molecule has 230 valence electrons. The normalized spacial score (nSPS) is 15.5. The van der Waals surface area contributed by atoms with Gasteiger partial charge in [-0.2, -0.15) is 0 Å².